The molecule has 6 heteroatoms. The van der Waals surface area contributed by atoms with Gasteiger partial charge in [-0.05, 0) is 36.6 Å². The van der Waals surface area contributed by atoms with Crippen LogP contribution in [0.25, 0.3) is 28.1 Å². The van der Waals surface area contributed by atoms with E-state index < -0.39 is 24.6 Å². The maximum Gasteiger partial charge on any atom is 0.123 e. The number of carbonyl (C=O) groups is 1. The van der Waals surface area contributed by atoms with Crippen LogP contribution in [-0.2, 0) is 4.79 Å². The van der Waals surface area contributed by atoms with Crippen LogP contribution in [0.3, 0.4) is 0 Å². The minimum atomic E-state index is -1.36. The van der Waals surface area contributed by atoms with E-state index in [2.05, 4.69) is 0 Å². The van der Waals surface area contributed by atoms with E-state index in [9.17, 15) is 24.5 Å². The number of carboxylic acid groups (broad SMARTS) is 1. The van der Waals surface area contributed by atoms with Crippen LogP contribution >= 0.6 is 0 Å². The fraction of sp³-hybridized carbons (Fsp3) is 0.280. The number of para-hydroxylation sites is 1. The number of pyridine rings is 1. The van der Waals surface area contributed by atoms with Crippen LogP contribution < -0.4 is 5.11 Å². The molecule has 0 bridgehead atoms. The van der Waals surface area contributed by atoms with E-state index in [4.69, 9.17) is 4.98 Å². The highest BCUT2D eigenvalue weighted by Gasteiger charge is 2.29. The third kappa shape index (κ3) is 4.98. The lowest BCUT2D eigenvalue weighted by molar-refractivity contribution is -0.307. The molecule has 1 saturated carbocycles. The van der Waals surface area contributed by atoms with E-state index in [0.29, 0.717) is 5.92 Å². The quantitative estimate of drug-likeness (QED) is 0.584. The average Bonchev–Trinajstić information content (AvgIpc) is 3.56. The Morgan fingerprint density at radius 2 is 1.87 bits per heavy atom. The molecule has 3 aromatic rings. The number of aliphatic hydroxyl groups excluding tert-OH is 2. The number of nitrogens with zero attached hydrogens (tertiary/aromatic N) is 1. The zero-order valence-electron chi connectivity index (χ0n) is 16.9. The second-order valence-corrected chi connectivity index (χ2v) is 7.98. The lowest BCUT2D eigenvalue weighted by atomic mass is 9.92. The van der Waals surface area contributed by atoms with Gasteiger partial charge in [0.1, 0.15) is 5.82 Å². The van der Waals surface area contributed by atoms with Crippen molar-refractivity contribution in [2.45, 2.75) is 43.8 Å². The highest BCUT2D eigenvalue weighted by Crippen LogP contribution is 2.45. The van der Waals surface area contributed by atoms with Gasteiger partial charge in [0.25, 0.3) is 0 Å². The van der Waals surface area contributed by atoms with Crippen LogP contribution in [0.15, 0.2) is 54.6 Å². The van der Waals surface area contributed by atoms with Gasteiger partial charge in [-0.15, -0.1) is 0 Å². The molecule has 1 aliphatic rings. The van der Waals surface area contributed by atoms with Gasteiger partial charge in [0.15, 0.2) is 0 Å². The van der Waals surface area contributed by atoms with Gasteiger partial charge >= 0.3 is 0 Å². The number of benzene rings is 2. The number of rotatable bonds is 8. The number of hydrogen-bond acceptors (Lipinski definition) is 5. The van der Waals surface area contributed by atoms with Gasteiger partial charge in [0, 0.05) is 41.2 Å². The van der Waals surface area contributed by atoms with Crippen LogP contribution in [0, 0.1) is 5.82 Å². The van der Waals surface area contributed by atoms with E-state index in [0.717, 1.165) is 46.1 Å². The third-order valence-electron chi connectivity index (χ3n) is 5.46. The number of aromatic nitrogens is 1. The second kappa shape index (κ2) is 8.96. The Labute approximate surface area is 179 Å². The highest BCUT2D eigenvalue weighted by atomic mass is 19.1. The van der Waals surface area contributed by atoms with Crippen molar-refractivity contribution in [2.24, 2.45) is 0 Å². The summed E-state index contributed by atoms with van der Waals surface area (Å²) in [7, 11) is 0. The summed E-state index contributed by atoms with van der Waals surface area (Å²) in [5.74, 6) is -1.36. The molecule has 4 rings (SSSR count). The minimum Gasteiger partial charge on any atom is -0.550 e. The summed E-state index contributed by atoms with van der Waals surface area (Å²) in [6.07, 6.45) is 2.51. The summed E-state index contributed by atoms with van der Waals surface area (Å²) in [5, 5.41) is 31.7. The lowest BCUT2D eigenvalue weighted by Crippen LogP contribution is -2.29. The molecule has 2 atom stereocenters. The van der Waals surface area contributed by atoms with Crippen molar-refractivity contribution in [3.63, 3.8) is 0 Å². The Morgan fingerprint density at radius 1 is 1.16 bits per heavy atom. The standard InChI is InChI=1S/C25H24FNO4/c26-17-9-7-15(8-10-17)24-20-3-1-2-4-22(20)27-25(16-5-6-16)21(24)12-11-18(28)13-19(29)14-23(30)31/h1-4,7-12,16,18-19,28-29H,5-6,13-14H2,(H,30,31)/p-1/b12-11-/t18-,19-/m1/s1. The topological polar surface area (TPSA) is 93.5 Å². The van der Waals surface area contributed by atoms with Crippen LogP contribution in [0.4, 0.5) is 4.39 Å². The summed E-state index contributed by atoms with van der Waals surface area (Å²) in [6, 6.07) is 14.1. The summed E-state index contributed by atoms with van der Waals surface area (Å²) in [6.45, 7) is 0. The van der Waals surface area contributed by atoms with Crippen molar-refractivity contribution >= 4 is 22.9 Å². The largest absolute Gasteiger partial charge is 0.550 e. The number of carboxylic acids is 1. The highest BCUT2D eigenvalue weighted by molar-refractivity contribution is 5.99. The predicted molar refractivity (Wildman–Crippen MR) is 114 cm³/mol. The van der Waals surface area contributed by atoms with Crippen molar-refractivity contribution < 1.29 is 24.5 Å². The van der Waals surface area contributed by atoms with E-state index in [-0.39, 0.29) is 12.2 Å². The van der Waals surface area contributed by atoms with E-state index in [1.165, 1.54) is 12.1 Å². The maximum absolute atomic E-state index is 13.6. The first kappa shape index (κ1) is 21.2. The van der Waals surface area contributed by atoms with Crippen molar-refractivity contribution in [1.82, 2.24) is 4.98 Å². The molecule has 0 aliphatic heterocycles. The van der Waals surface area contributed by atoms with Crippen LogP contribution in [0.5, 0.6) is 0 Å². The third-order valence-corrected chi connectivity index (χ3v) is 5.46. The first-order chi connectivity index (χ1) is 14.9. The first-order valence-corrected chi connectivity index (χ1v) is 10.3. The van der Waals surface area contributed by atoms with Crippen molar-refractivity contribution in [2.75, 3.05) is 0 Å². The molecule has 2 N–H and O–H groups in total. The van der Waals surface area contributed by atoms with E-state index in [1.54, 1.807) is 24.3 Å². The van der Waals surface area contributed by atoms with Crippen molar-refractivity contribution in [3.05, 3.63) is 71.7 Å². The molecular formula is C25H23FNO4-. The number of halogens is 1. The maximum atomic E-state index is 13.6. The number of aliphatic carboxylic acids is 1. The predicted octanol–water partition coefficient (Wildman–Crippen LogP) is 3.18. The molecule has 0 saturated heterocycles. The molecule has 1 aliphatic carbocycles. The van der Waals surface area contributed by atoms with Gasteiger partial charge in [0.05, 0.1) is 23.4 Å². The smallest absolute Gasteiger partial charge is 0.123 e. The molecule has 160 valence electrons. The molecular weight excluding hydrogens is 397 g/mol. The van der Waals surface area contributed by atoms with Crippen LogP contribution in [-0.4, -0.2) is 33.4 Å². The van der Waals surface area contributed by atoms with Gasteiger partial charge in [-0.25, -0.2) is 4.39 Å². The molecule has 2 aromatic carbocycles. The van der Waals surface area contributed by atoms with Gasteiger partial charge in [0.2, 0.25) is 0 Å². The van der Waals surface area contributed by atoms with Crippen molar-refractivity contribution in [3.8, 4) is 11.1 Å². The molecule has 5 nitrogen and oxygen atoms in total. The second-order valence-electron chi connectivity index (χ2n) is 7.98. The molecule has 0 amide bonds. The Hall–Kier alpha value is -3.09. The van der Waals surface area contributed by atoms with Crippen LogP contribution in [0.1, 0.15) is 42.9 Å². The zero-order valence-corrected chi connectivity index (χ0v) is 16.9. The van der Waals surface area contributed by atoms with Gasteiger partial charge in [-0.3, -0.25) is 4.98 Å². The number of hydrogen-bond donors (Lipinski definition) is 2. The van der Waals surface area contributed by atoms with E-state index >= 15 is 0 Å². The minimum absolute atomic E-state index is 0.115. The van der Waals surface area contributed by atoms with Crippen molar-refractivity contribution in [1.29, 1.82) is 0 Å². The number of fused-ring (bicyclic) bond motifs is 1. The van der Waals surface area contributed by atoms with E-state index in [1.807, 2.05) is 24.3 Å². The number of carbonyl (C=O) groups excluding carboxylic acids is 1. The summed E-state index contributed by atoms with van der Waals surface area (Å²) in [5.41, 5.74) is 4.38. The Bertz CT molecular complexity index is 1120. The molecule has 0 unspecified atom stereocenters. The number of aliphatic hydroxyl groups is 2. The Balaban J connectivity index is 1.79. The Morgan fingerprint density at radius 3 is 2.55 bits per heavy atom. The van der Waals surface area contributed by atoms with Gasteiger partial charge in [-0.2, -0.15) is 0 Å². The average molecular weight is 420 g/mol. The van der Waals surface area contributed by atoms with Gasteiger partial charge in [-0.1, -0.05) is 42.5 Å². The molecule has 0 spiro atoms. The monoisotopic (exact) mass is 420 g/mol. The summed E-state index contributed by atoms with van der Waals surface area (Å²) in [4.78, 5) is 15.5. The molecule has 0 radical (unpaired) electrons. The summed E-state index contributed by atoms with van der Waals surface area (Å²) >= 11 is 0. The Kier molecular flexibility index (Phi) is 6.11. The summed E-state index contributed by atoms with van der Waals surface area (Å²) < 4.78 is 13.6. The fourth-order valence-corrected chi connectivity index (χ4v) is 3.85. The van der Waals surface area contributed by atoms with Gasteiger partial charge < -0.3 is 20.1 Å². The molecule has 1 fully saturated rings. The lowest BCUT2D eigenvalue weighted by Gasteiger charge is -2.17. The fourth-order valence-electron chi connectivity index (χ4n) is 3.85. The zero-order chi connectivity index (χ0) is 22.0. The molecule has 1 heterocycles. The molecule has 31 heavy (non-hydrogen) atoms. The SMILES string of the molecule is O=C([O-])C[C@H](O)C[C@H](O)/C=C\c1c(C2CC2)nc2ccccc2c1-c1ccc(F)cc1. The first-order valence-electron chi connectivity index (χ1n) is 10.3. The normalized spacial score (nSPS) is 16.0. The molecule has 1 aromatic heterocycles. The van der Waals surface area contributed by atoms with Crippen LogP contribution in [0.2, 0.25) is 0 Å².